The molecule has 1 saturated heterocycles. The second kappa shape index (κ2) is 5.09. The van der Waals surface area contributed by atoms with Crippen molar-refractivity contribution in [2.45, 2.75) is 12.6 Å². The van der Waals surface area contributed by atoms with Gasteiger partial charge in [-0.1, -0.05) is 30.3 Å². The van der Waals surface area contributed by atoms with Crippen LogP contribution in [0.2, 0.25) is 0 Å². The van der Waals surface area contributed by atoms with Crippen LogP contribution >= 0.6 is 0 Å². The van der Waals surface area contributed by atoms with Gasteiger partial charge in [-0.15, -0.1) is 0 Å². The molecule has 16 heavy (non-hydrogen) atoms. The van der Waals surface area contributed by atoms with Crippen molar-refractivity contribution in [2.75, 3.05) is 19.7 Å². The fourth-order valence-corrected chi connectivity index (χ4v) is 1.78. The van der Waals surface area contributed by atoms with Gasteiger partial charge in [-0.05, 0) is 5.56 Å². The lowest BCUT2D eigenvalue weighted by Crippen LogP contribution is -2.52. The van der Waals surface area contributed by atoms with E-state index in [-0.39, 0.29) is 12.7 Å². The zero-order valence-corrected chi connectivity index (χ0v) is 8.96. The maximum absolute atomic E-state index is 10.2. The molecule has 2 rings (SSSR count). The smallest absolute Gasteiger partial charge is 0.0866 e. The highest BCUT2D eigenvalue weighted by Crippen LogP contribution is 2.15. The van der Waals surface area contributed by atoms with Crippen LogP contribution in [0, 0.1) is 0 Å². The highest BCUT2D eigenvalue weighted by Gasteiger charge is 2.26. The van der Waals surface area contributed by atoms with Crippen LogP contribution in [-0.4, -0.2) is 36.7 Å². The minimum Gasteiger partial charge on any atom is -0.548 e. The van der Waals surface area contributed by atoms with Gasteiger partial charge in [0.1, 0.15) is 0 Å². The van der Waals surface area contributed by atoms with Gasteiger partial charge < -0.3 is 14.6 Å². The highest BCUT2D eigenvalue weighted by atomic mass is 16.5. The minimum atomic E-state index is -1.15. The van der Waals surface area contributed by atoms with Crippen LogP contribution in [0.4, 0.5) is 0 Å². The van der Waals surface area contributed by atoms with E-state index in [0.29, 0.717) is 0 Å². The summed E-state index contributed by atoms with van der Waals surface area (Å²) in [6.45, 7) is 2.18. The predicted molar refractivity (Wildman–Crippen MR) is 56.5 cm³/mol. The normalized spacial score (nSPS) is 17.0. The van der Waals surface area contributed by atoms with E-state index >= 15 is 0 Å². The quantitative estimate of drug-likeness (QED) is 0.680. The van der Waals surface area contributed by atoms with Gasteiger partial charge >= 0.3 is 0 Å². The Labute approximate surface area is 94.4 Å². The molecule has 1 aromatic rings. The number of carbonyl (C=O) groups excluding carboxylic acids is 1. The van der Waals surface area contributed by atoms with Crippen molar-refractivity contribution in [1.29, 1.82) is 0 Å². The van der Waals surface area contributed by atoms with Gasteiger partial charge in [0, 0.05) is 19.6 Å². The average Bonchev–Trinajstić information content (AvgIpc) is 2.22. The van der Waals surface area contributed by atoms with E-state index in [9.17, 15) is 9.90 Å². The maximum atomic E-state index is 10.2. The molecule has 1 heterocycles. The second-order valence-corrected chi connectivity index (χ2v) is 3.98. The summed E-state index contributed by atoms with van der Waals surface area (Å²) < 4.78 is 5.10. The number of hydrogen-bond donors (Lipinski definition) is 0. The van der Waals surface area contributed by atoms with Crippen molar-refractivity contribution in [3.63, 3.8) is 0 Å². The summed E-state index contributed by atoms with van der Waals surface area (Å²) >= 11 is 0. The van der Waals surface area contributed by atoms with Gasteiger partial charge in [-0.3, -0.25) is 4.90 Å². The van der Waals surface area contributed by atoms with Gasteiger partial charge in [0.2, 0.25) is 0 Å². The fourth-order valence-electron chi connectivity index (χ4n) is 1.78. The molecule has 0 spiro atoms. The molecule has 0 N–H and O–H groups in total. The number of likely N-dealkylation sites (tertiary alicyclic amines) is 1. The number of ether oxygens (including phenoxy) is 1. The summed E-state index contributed by atoms with van der Waals surface area (Å²) in [6.07, 6.45) is 0.0432. The van der Waals surface area contributed by atoms with E-state index in [1.165, 1.54) is 5.56 Å². The van der Waals surface area contributed by atoms with Crippen LogP contribution in [0.25, 0.3) is 0 Å². The Morgan fingerprint density at radius 3 is 2.69 bits per heavy atom. The van der Waals surface area contributed by atoms with Crippen molar-refractivity contribution in [3.05, 3.63) is 35.9 Å². The van der Waals surface area contributed by atoms with Gasteiger partial charge in [-0.2, -0.15) is 0 Å². The Morgan fingerprint density at radius 2 is 2.06 bits per heavy atom. The van der Waals surface area contributed by atoms with Crippen LogP contribution in [-0.2, 0) is 16.1 Å². The summed E-state index contributed by atoms with van der Waals surface area (Å²) in [6, 6.07) is 10.2. The largest absolute Gasteiger partial charge is 0.548 e. The average molecular weight is 220 g/mol. The first-order valence-electron chi connectivity index (χ1n) is 5.32. The maximum Gasteiger partial charge on any atom is 0.0866 e. The number of rotatable bonds is 5. The number of aliphatic carboxylic acids is 1. The Hall–Kier alpha value is -1.39. The molecule has 86 valence electrons. The molecular formula is C12H14NO3-. The molecule has 0 radical (unpaired) electrons. The summed E-state index contributed by atoms with van der Waals surface area (Å²) in [7, 11) is 0. The van der Waals surface area contributed by atoms with Gasteiger partial charge in [-0.25, -0.2) is 0 Å². The number of carboxylic acid groups (broad SMARTS) is 1. The lowest BCUT2D eigenvalue weighted by atomic mass is 10.1. The molecule has 0 atom stereocenters. The monoisotopic (exact) mass is 220 g/mol. The third kappa shape index (κ3) is 3.05. The molecular weight excluding hydrogens is 206 g/mol. The molecule has 4 heteroatoms. The van der Waals surface area contributed by atoms with E-state index in [1.54, 1.807) is 0 Å². The van der Waals surface area contributed by atoms with E-state index in [1.807, 2.05) is 18.2 Å². The van der Waals surface area contributed by atoms with Crippen molar-refractivity contribution in [3.8, 4) is 0 Å². The topological polar surface area (TPSA) is 52.6 Å². The van der Waals surface area contributed by atoms with Crippen molar-refractivity contribution < 1.29 is 14.6 Å². The molecule has 0 amide bonds. The third-order valence-electron chi connectivity index (χ3n) is 2.61. The molecule has 0 unspecified atom stereocenters. The molecule has 0 saturated carbocycles. The number of carbonyl (C=O) groups is 1. The van der Waals surface area contributed by atoms with Crippen LogP contribution in [0.3, 0.4) is 0 Å². The van der Waals surface area contributed by atoms with E-state index < -0.39 is 5.97 Å². The number of benzene rings is 1. The Morgan fingerprint density at radius 1 is 1.38 bits per heavy atom. The number of hydrogen-bond acceptors (Lipinski definition) is 4. The number of nitrogens with zero attached hydrogens (tertiary/aromatic N) is 1. The first-order valence-corrected chi connectivity index (χ1v) is 5.32. The summed E-state index contributed by atoms with van der Waals surface area (Å²) in [5.74, 6) is -1.15. The van der Waals surface area contributed by atoms with Crippen molar-refractivity contribution in [1.82, 2.24) is 4.90 Å². The molecule has 4 nitrogen and oxygen atoms in total. The van der Waals surface area contributed by atoms with Gasteiger partial charge in [0.15, 0.2) is 0 Å². The van der Waals surface area contributed by atoms with Crippen molar-refractivity contribution in [2.24, 2.45) is 0 Å². The molecule has 1 aliphatic rings. The molecule has 0 bridgehead atoms. The summed E-state index contributed by atoms with van der Waals surface area (Å²) in [4.78, 5) is 12.4. The zero-order chi connectivity index (χ0) is 11.4. The van der Waals surface area contributed by atoms with Crippen LogP contribution < -0.4 is 5.11 Å². The van der Waals surface area contributed by atoms with Crippen LogP contribution in [0.5, 0.6) is 0 Å². The van der Waals surface area contributed by atoms with Crippen LogP contribution in [0.1, 0.15) is 5.56 Å². The molecule has 1 aliphatic heterocycles. The third-order valence-corrected chi connectivity index (χ3v) is 2.61. The lowest BCUT2D eigenvalue weighted by molar-refractivity contribution is -0.311. The molecule has 1 fully saturated rings. The SMILES string of the molecule is O=C([O-])COC1CN(Cc2ccccc2)C1. The fraction of sp³-hybridized carbons (Fsp3) is 0.417. The standard InChI is InChI=1S/C12H15NO3/c14-12(15)9-16-11-7-13(8-11)6-10-4-2-1-3-5-10/h1-5,11H,6-9H2,(H,14,15)/p-1. The first-order chi connectivity index (χ1) is 7.74. The van der Waals surface area contributed by atoms with E-state index in [2.05, 4.69) is 17.0 Å². The summed E-state index contributed by atoms with van der Waals surface area (Å²) in [5, 5.41) is 10.2. The second-order valence-electron chi connectivity index (χ2n) is 3.98. The van der Waals surface area contributed by atoms with Gasteiger partial charge in [0.05, 0.1) is 18.7 Å². The zero-order valence-electron chi connectivity index (χ0n) is 8.96. The predicted octanol–water partition coefficient (Wildman–Crippen LogP) is -0.363. The molecule has 1 aromatic carbocycles. The molecule has 0 aromatic heterocycles. The first kappa shape index (κ1) is 11.1. The Bertz CT molecular complexity index is 347. The highest BCUT2D eigenvalue weighted by molar-refractivity contribution is 5.65. The molecule has 0 aliphatic carbocycles. The Kier molecular flexibility index (Phi) is 3.54. The van der Waals surface area contributed by atoms with Gasteiger partial charge in [0.25, 0.3) is 0 Å². The lowest BCUT2D eigenvalue weighted by Gasteiger charge is -2.39. The minimum absolute atomic E-state index is 0.0432. The number of carboxylic acids is 1. The van der Waals surface area contributed by atoms with Crippen LogP contribution in [0.15, 0.2) is 30.3 Å². The Balaban J connectivity index is 1.67. The van der Waals surface area contributed by atoms with Crippen molar-refractivity contribution >= 4 is 5.97 Å². The summed E-state index contributed by atoms with van der Waals surface area (Å²) in [5.41, 5.74) is 1.26. The van der Waals surface area contributed by atoms with E-state index in [4.69, 9.17) is 4.74 Å². The van der Waals surface area contributed by atoms with E-state index in [0.717, 1.165) is 19.6 Å².